The molecule has 2 fully saturated rings. The van der Waals surface area contributed by atoms with Crippen molar-refractivity contribution in [3.63, 3.8) is 0 Å². The fourth-order valence-electron chi connectivity index (χ4n) is 3.59. The number of fused-ring (bicyclic) bond motifs is 1. The van der Waals surface area contributed by atoms with Crippen molar-refractivity contribution in [3.05, 3.63) is 23.5 Å². The van der Waals surface area contributed by atoms with E-state index in [9.17, 15) is 13.2 Å². The number of carboxylic acids is 1. The van der Waals surface area contributed by atoms with E-state index in [1.54, 1.807) is 11.3 Å². The molecule has 12 heteroatoms. The molecule has 8 nitrogen and oxygen atoms in total. The SMILES string of the molecule is Cn1cc(CN2CC[C@H]3[C@H]2CCN3c2nncs2)cn1.O=C(O)C(F)(F)F. The lowest BCUT2D eigenvalue weighted by atomic mass is 10.1. The number of nitrogens with zero attached hydrogens (tertiary/aromatic N) is 6. The standard InChI is InChI=1S/C13H18N6S.C2HF3O2/c1-17-7-10(6-15-17)8-18-4-2-12-11(18)3-5-19(12)13-16-14-9-20-13;3-2(4,5)1(6)7/h6-7,9,11-12H,2-5,8H2,1H3;(H,6,7)/t11-,12+;/m1./s1. The van der Waals surface area contributed by atoms with E-state index in [1.165, 1.54) is 24.9 Å². The molecule has 2 aliphatic heterocycles. The maximum atomic E-state index is 10.6. The Morgan fingerprint density at radius 1 is 1.33 bits per heavy atom. The normalized spacial score (nSPS) is 22.4. The predicted molar refractivity (Wildman–Crippen MR) is 91.4 cm³/mol. The number of likely N-dealkylation sites (tertiary alicyclic amines) is 1. The molecular weight excluding hydrogens is 385 g/mol. The van der Waals surface area contributed by atoms with Crippen LogP contribution >= 0.6 is 11.3 Å². The van der Waals surface area contributed by atoms with Gasteiger partial charge in [0, 0.05) is 50.5 Å². The number of hydrogen-bond acceptors (Lipinski definition) is 7. The number of alkyl halides is 3. The molecule has 0 unspecified atom stereocenters. The average molecular weight is 404 g/mol. The van der Waals surface area contributed by atoms with Crippen LogP contribution in [-0.2, 0) is 18.4 Å². The summed E-state index contributed by atoms with van der Waals surface area (Å²) in [4.78, 5) is 13.9. The van der Waals surface area contributed by atoms with Gasteiger partial charge in [-0.25, -0.2) is 4.79 Å². The Bertz CT molecular complexity index is 766. The lowest BCUT2D eigenvalue weighted by Gasteiger charge is -2.24. The number of aliphatic carboxylic acids is 1. The summed E-state index contributed by atoms with van der Waals surface area (Å²) in [6, 6.07) is 1.26. The molecule has 2 saturated heterocycles. The van der Waals surface area contributed by atoms with Crippen molar-refractivity contribution >= 4 is 22.4 Å². The Morgan fingerprint density at radius 3 is 2.59 bits per heavy atom. The molecule has 2 aromatic heterocycles. The van der Waals surface area contributed by atoms with Crippen LogP contribution in [0.3, 0.4) is 0 Å². The van der Waals surface area contributed by atoms with E-state index in [1.807, 2.05) is 23.4 Å². The summed E-state index contributed by atoms with van der Waals surface area (Å²) < 4.78 is 33.6. The van der Waals surface area contributed by atoms with Crippen LogP contribution in [0.25, 0.3) is 0 Å². The van der Waals surface area contributed by atoms with Gasteiger partial charge < -0.3 is 10.0 Å². The third-order valence-corrected chi connectivity index (χ3v) is 5.40. The van der Waals surface area contributed by atoms with E-state index < -0.39 is 12.1 Å². The highest BCUT2D eigenvalue weighted by Gasteiger charge is 2.43. The van der Waals surface area contributed by atoms with Gasteiger partial charge >= 0.3 is 12.1 Å². The second kappa shape index (κ2) is 7.80. The van der Waals surface area contributed by atoms with Gasteiger partial charge in [-0.05, 0) is 12.8 Å². The monoisotopic (exact) mass is 404 g/mol. The fourth-order valence-corrected chi connectivity index (χ4v) is 4.23. The summed E-state index contributed by atoms with van der Waals surface area (Å²) >= 11 is 1.65. The van der Waals surface area contributed by atoms with Crippen LogP contribution < -0.4 is 4.90 Å². The van der Waals surface area contributed by atoms with Crippen LogP contribution in [0.5, 0.6) is 0 Å². The summed E-state index contributed by atoms with van der Waals surface area (Å²) in [5.41, 5.74) is 3.13. The highest BCUT2D eigenvalue weighted by atomic mass is 32.1. The third kappa shape index (κ3) is 4.56. The van der Waals surface area contributed by atoms with Gasteiger partial charge in [-0.3, -0.25) is 9.58 Å². The highest BCUT2D eigenvalue weighted by molar-refractivity contribution is 7.13. The number of carboxylic acid groups (broad SMARTS) is 1. The summed E-state index contributed by atoms with van der Waals surface area (Å²) in [7, 11) is 1.98. The molecule has 2 aromatic rings. The van der Waals surface area contributed by atoms with Gasteiger partial charge in [0.15, 0.2) is 0 Å². The van der Waals surface area contributed by atoms with Crippen LogP contribution in [0.4, 0.5) is 18.3 Å². The molecule has 27 heavy (non-hydrogen) atoms. The van der Waals surface area contributed by atoms with E-state index in [-0.39, 0.29) is 0 Å². The largest absolute Gasteiger partial charge is 0.490 e. The van der Waals surface area contributed by atoms with Crippen molar-refractivity contribution in [1.29, 1.82) is 0 Å². The van der Waals surface area contributed by atoms with Crippen molar-refractivity contribution in [3.8, 4) is 0 Å². The number of anilines is 1. The molecular formula is C15H19F3N6O2S. The Kier molecular flexibility index (Phi) is 5.65. The van der Waals surface area contributed by atoms with Gasteiger partial charge in [-0.15, -0.1) is 10.2 Å². The Balaban J connectivity index is 0.000000260. The number of hydrogen-bond donors (Lipinski definition) is 1. The lowest BCUT2D eigenvalue weighted by molar-refractivity contribution is -0.192. The molecule has 1 N–H and O–H groups in total. The zero-order valence-electron chi connectivity index (χ0n) is 14.5. The Morgan fingerprint density at radius 2 is 2.04 bits per heavy atom. The highest BCUT2D eigenvalue weighted by Crippen LogP contribution is 2.36. The Labute approximate surface area is 157 Å². The first-order valence-electron chi connectivity index (χ1n) is 8.30. The second-order valence-corrected chi connectivity index (χ2v) is 7.23. The quantitative estimate of drug-likeness (QED) is 0.834. The maximum Gasteiger partial charge on any atom is 0.490 e. The smallest absolute Gasteiger partial charge is 0.475 e. The summed E-state index contributed by atoms with van der Waals surface area (Å²) in [5, 5.41) is 20.7. The van der Waals surface area contributed by atoms with Crippen LogP contribution in [0.1, 0.15) is 18.4 Å². The van der Waals surface area contributed by atoms with Gasteiger partial charge in [0.2, 0.25) is 5.13 Å². The Hall–Kier alpha value is -2.21. The number of halogens is 3. The zero-order valence-corrected chi connectivity index (χ0v) is 15.3. The second-order valence-electron chi connectivity index (χ2n) is 6.42. The molecule has 0 spiro atoms. The topological polar surface area (TPSA) is 87.4 Å². The van der Waals surface area contributed by atoms with Crippen LogP contribution in [0.15, 0.2) is 17.9 Å². The van der Waals surface area contributed by atoms with Crippen LogP contribution in [0.2, 0.25) is 0 Å². The van der Waals surface area contributed by atoms with E-state index in [4.69, 9.17) is 9.90 Å². The zero-order chi connectivity index (χ0) is 19.6. The number of rotatable bonds is 3. The van der Waals surface area contributed by atoms with Crippen molar-refractivity contribution < 1.29 is 23.1 Å². The molecule has 0 aliphatic carbocycles. The van der Waals surface area contributed by atoms with Crippen molar-refractivity contribution in [2.75, 3.05) is 18.0 Å². The minimum atomic E-state index is -5.08. The summed E-state index contributed by atoms with van der Waals surface area (Å²) in [6.45, 7) is 3.28. The molecule has 0 amide bonds. The fraction of sp³-hybridized carbons (Fsp3) is 0.600. The van der Waals surface area contributed by atoms with Crippen LogP contribution in [-0.4, -0.2) is 67.3 Å². The number of aryl methyl sites for hydroxylation is 1. The van der Waals surface area contributed by atoms with Gasteiger partial charge in [0.25, 0.3) is 0 Å². The van der Waals surface area contributed by atoms with Gasteiger partial charge in [0.1, 0.15) is 5.51 Å². The first kappa shape index (κ1) is 19.5. The van der Waals surface area contributed by atoms with Crippen LogP contribution in [0, 0.1) is 0 Å². The van der Waals surface area contributed by atoms with E-state index >= 15 is 0 Å². The lowest BCUT2D eigenvalue weighted by Crippen LogP contribution is -2.36. The van der Waals surface area contributed by atoms with Crippen molar-refractivity contribution in [1.82, 2.24) is 24.9 Å². The van der Waals surface area contributed by atoms with Crippen molar-refractivity contribution in [2.24, 2.45) is 7.05 Å². The van der Waals surface area contributed by atoms with E-state index in [0.29, 0.717) is 12.1 Å². The molecule has 0 bridgehead atoms. The summed E-state index contributed by atoms with van der Waals surface area (Å²) in [5.74, 6) is -2.76. The van der Waals surface area contributed by atoms with E-state index in [0.717, 1.165) is 18.2 Å². The number of aromatic nitrogens is 4. The van der Waals surface area contributed by atoms with Gasteiger partial charge in [0.05, 0.1) is 6.20 Å². The predicted octanol–water partition coefficient (Wildman–Crippen LogP) is 1.76. The number of carbonyl (C=O) groups is 1. The molecule has 4 heterocycles. The molecule has 0 aromatic carbocycles. The molecule has 0 saturated carbocycles. The minimum Gasteiger partial charge on any atom is -0.475 e. The molecule has 2 aliphatic rings. The van der Waals surface area contributed by atoms with E-state index in [2.05, 4.69) is 31.3 Å². The average Bonchev–Trinajstić information content (AvgIpc) is 3.34. The maximum absolute atomic E-state index is 10.6. The van der Waals surface area contributed by atoms with Gasteiger partial charge in [-0.2, -0.15) is 18.3 Å². The molecule has 4 rings (SSSR count). The minimum absolute atomic E-state index is 0.611. The van der Waals surface area contributed by atoms with Crippen molar-refractivity contribution in [2.45, 2.75) is 37.6 Å². The third-order valence-electron chi connectivity index (χ3n) is 4.67. The first-order chi connectivity index (χ1) is 12.8. The molecule has 148 valence electrons. The molecule has 0 radical (unpaired) electrons. The summed E-state index contributed by atoms with van der Waals surface area (Å²) in [6.07, 6.45) is 1.46. The molecule has 2 atom stereocenters. The van der Waals surface area contributed by atoms with Gasteiger partial charge in [-0.1, -0.05) is 11.3 Å². The first-order valence-corrected chi connectivity index (χ1v) is 9.18.